The molecule has 3 aromatic rings. The minimum atomic E-state index is -0.295. The van der Waals surface area contributed by atoms with Crippen molar-refractivity contribution in [1.29, 1.82) is 0 Å². The first-order valence-corrected chi connectivity index (χ1v) is 9.62. The minimum absolute atomic E-state index is 0.193. The Kier molecular flexibility index (Phi) is 7.44. The Morgan fingerprint density at radius 1 is 0.966 bits per heavy atom. The summed E-state index contributed by atoms with van der Waals surface area (Å²) in [7, 11) is 1.55. The molecule has 0 unspecified atom stereocenters. The summed E-state index contributed by atoms with van der Waals surface area (Å²) < 4.78 is 37.9. The summed E-state index contributed by atoms with van der Waals surface area (Å²) in [5.41, 5.74) is 2.43. The van der Waals surface area contributed by atoms with Gasteiger partial charge in [0.05, 0.1) is 12.1 Å². The lowest BCUT2D eigenvalue weighted by atomic mass is 10.1. The Hall–Kier alpha value is -2.63. The van der Waals surface area contributed by atoms with Crippen LogP contribution in [0.15, 0.2) is 60.7 Å². The van der Waals surface area contributed by atoms with Gasteiger partial charge in [-0.2, -0.15) is 0 Å². The zero-order valence-corrected chi connectivity index (χ0v) is 16.8. The molecule has 0 aliphatic heterocycles. The van der Waals surface area contributed by atoms with Crippen LogP contribution in [0.2, 0.25) is 5.02 Å². The van der Waals surface area contributed by atoms with Crippen molar-refractivity contribution in [1.82, 2.24) is 5.32 Å². The lowest BCUT2D eigenvalue weighted by Crippen LogP contribution is -2.17. The molecular weight excluding hydrogens is 396 g/mol. The number of nitrogens with one attached hydrogen (secondary N) is 1. The molecule has 3 rings (SSSR count). The minimum Gasteiger partial charge on any atom is -0.493 e. The van der Waals surface area contributed by atoms with Gasteiger partial charge in [0.2, 0.25) is 0 Å². The van der Waals surface area contributed by atoms with E-state index in [1.807, 2.05) is 12.1 Å². The van der Waals surface area contributed by atoms with Crippen molar-refractivity contribution in [2.24, 2.45) is 0 Å². The standard InChI is InChI=1S/C23H22ClF2NO2/c1-28-22-13-17(14-27-11-10-18-4-2-3-5-21(18)26)12-20(24)23(22)29-15-16-6-8-19(25)9-7-16/h2-9,12-13,27H,10-11,14-15H2,1H3. The molecule has 0 spiro atoms. The number of hydrogen-bond acceptors (Lipinski definition) is 3. The molecule has 0 radical (unpaired) electrons. The number of methoxy groups -OCH3 is 1. The van der Waals surface area contributed by atoms with Gasteiger partial charge in [0, 0.05) is 6.54 Å². The topological polar surface area (TPSA) is 30.5 Å². The van der Waals surface area contributed by atoms with Gasteiger partial charge in [-0.25, -0.2) is 8.78 Å². The van der Waals surface area contributed by atoms with E-state index < -0.39 is 0 Å². The summed E-state index contributed by atoms with van der Waals surface area (Å²) in [5.74, 6) is 0.469. The van der Waals surface area contributed by atoms with Gasteiger partial charge in [0.15, 0.2) is 11.5 Å². The fourth-order valence-electron chi connectivity index (χ4n) is 2.91. The molecule has 3 nitrogen and oxygen atoms in total. The van der Waals surface area contributed by atoms with Gasteiger partial charge < -0.3 is 14.8 Å². The average Bonchev–Trinajstić information content (AvgIpc) is 2.72. The Labute approximate surface area is 174 Å². The van der Waals surface area contributed by atoms with E-state index >= 15 is 0 Å². The zero-order valence-electron chi connectivity index (χ0n) is 16.1. The van der Waals surface area contributed by atoms with Gasteiger partial charge in [-0.05, 0) is 60.0 Å². The van der Waals surface area contributed by atoms with Crippen LogP contribution in [0.4, 0.5) is 8.78 Å². The molecule has 0 bridgehead atoms. The Balaban J connectivity index is 1.58. The number of halogens is 3. The van der Waals surface area contributed by atoms with Crippen molar-refractivity contribution in [3.63, 3.8) is 0 Å². The lowest BCUT2D eigenvalue weighted by Gasteiger charge is -2.15. The molecule has 0 saturated heterocycles. The van der Waals surface area contributed by atoms with Crippen LogP contribution in [0.25, 0.3) is 0 Å². The highest BCUT2D eigenvalue weighted by atomic mass is 35.5. The van der Waals surface area contributed by atoms with E-state index in [-0.39, 0.29) is 18.2 Å². The van der Waals surface area contributed by atoms with E-state index in [1.165, 1.54) is 18.2 Å². The highest BCUT2D eigenvalue weighted by Crippen LogP contribution is 2.37. The summed E-state index contributed by atoms with van der Waals surface area (Å²) in [6.07, 6.45) is 0.594. The number of hydrogen-bond donors (Lipinski definition) is 1. The van der Waals surface area contributed by atoms with Crippen molar-refractivity contribution in [3.8, 4) is 11.5 Å². The van der Waals surface area contributed by atoms with Crippen molar-refractivity contribution in [3.05, 3.63) is 94.0 Å². The molecule has 0 atom stereocenters. The van der Waals surface area contributed by atoms with Crippen LogP contribution in [-0.2, 0) is 19.6 Å². The molecule has 0 aliphatic carbocycles. The van der Waals surface area contributed by atoms with Crippen LogP contribution < -0.4 is 14.8 Å². The molecule has 0 aromatic heterocycles. The Morgan fingerprint density at radius 2 is 1.72 bits per heavy atom. The molecule has 0 fully saturated rings. The van der Waals surface area contributed by atoms with Crippen molar-refractivity contribution < 1.29 is 18.3 Å². The van der Waals surface area contributed by atoms with Crippen LogP contribution in [0, 0.1) is 11.6 Å². The monoisotopic (exact) mass is 417 g/mol. The van der Waals surface area contributed by atoms with E-state index in [2.05, 4.69) is 5.32 Å². The predicted molar refractivity (Wildman–Crippen MR) is 111 cm³/mol. The fourth-order valence-corrected chi connectivity index (χ4v) is 3.20. The smallest absolute Gasteiger partial charge is 0.180 e. The molecule has 0 saturated carbocycles. The number of benzene rings is 3. The summed E-state index contributed by atoms with van der Waals surface area (Å²) >= 11 is 6.39. The van der Waals surface area contributed by atoms with Gasteiger partial charge in [-0.1, -0.05) is 41.9 Å². The molecule has 0 aliphatic rings. The third-order valence-corrected chi connectivity index (χ3v) is 4.72. The van der Waals surface area contributed by atoms with Crippen LogP contribution >= 0.6 is 11.6 Å². The molecule has 1 N–H and O–H groups in total. The second kappa shape index (κ2) is 10.2. The quantitative estimate of drug-likeness (QED) is 0.464. The average molecular weight is 418 g/mol. The summed E-state index contributed by atoms with van der Waals surface area (Å²) in [6.45, 7) is 1.43. The first kappa shape index (κ1) is 21.1. The van der Waals surface area contributed by atoms with Crippen molar-refractivity contribution in [2.75, 3.05) is 13.7 Å². The highest BCUT2D eigenvalue weighted by molar-refractivity contribution is 6.32. The largest absolute Gasteiger partial charge is 0.493 e. The van der Waals surface area contributed by atoms with Crippen LogP contribution in [0.5, 0.6) is 11.5 Å². The lowest BCUT2D eigenvalue weighted by molar-refractivity contribution is 0.284. The Bertz CT molecular complexity index is 948. The van der Waals surface area contributed by atoms with Crippen LogP contribution in [0.1, 0.15) is 16.7 Å². The maximum absolute atomic E-state index is 13.7. The molecular formula is C23H22ClF2NO2. The first-order valence-electron chi connectivity index (χ1n) is 9.24. The van der Waals surface area contributed by atoms with Gasteiger partial charge in [-0.3, -0.25) is 0 Å². The van der Waals surface area contributed by atoms with E-state index in [0.29, 0.717) is 41.6 Å². The van der Waals surface area contributed by atoms with Crippen LogP contribution in [-0.4, -0.2) is 13.7 Å². The maximum atomic E-state index is 13.7. The van der Waals surface area contributed by atoms with Crippen molar-refractivity contribution >= 4 is 11.6 Å². The zero-order chi connectivity index (χ0) is 20.6. The molecule has 0 heterocycles. The summed E-state index contributed by atoms with van der Waals surface area (Å²) in [6, 6.07) is 16.5. The summed E-state index contributed by atoms with van der Waals surface area (Å²) in [5, 5.41) is 3.71. The normalized spacial score (nSPS) is 10.8. The summed E-state index contributed by atoms with van der Waals surface area (Å²) in [4.78, 5) is 0. The SMILES string of the molecule is COc1cc(CNCCc2ccccc2F)cc(Cl)c1OCc1ccc(F)cc1. The molecule has 0 amide bonds. The molecule has 3 aromatic carbocycles. The fraction of sp³-hybridized carbons (Fsp3) is 0.217. The van der Waals surface area contributed by atoms with Crippen molar-refractivity contribution in [2.45, 2.75) is 19.6 Å². The third kappa shape index (κ3) is 5.92. The van der Waals surface area contributed by atoms with E-state index in [1.54, 1.807) is 37.4 Å². The maximum Gasteiger partial charge on any atom is 0.180 e. The van der Waals surface area contributed by atoms with Gasteiger partial charge in [0.1, 0.15) is 18.2 Å². The van der Waals surface area contributed by atoms with E-state index in [0.717, 1.165) is 11.1 Å². The number of rotatable bonds is 9. The third-order valence-electron chi connectivity index (χ3n) is 4.44. The second-order valence-electron chi connectivity index (χ2n) is 6.54. The second-order valence-corrected chi connectivity index (χ2v) is 6.95. The van der Waals surface area contributed by atoms with E-state index in [4.69, 9.17) is 21.1 Å². The van der Waals surface area contributed by atoms with E-state index in [9.17, 15) is 8.78 Å². The van der Waals surface area contributed by atoms with Crippen LogP contribution in [0.3, 0.4) is 0 Å². The molecule has 6 heteroatoms. The first-order chi connectivity index (χ1) is 14.1. The Morgan fingerprint density at radius 3 is 2.45 bits per heavy atom. The molecule has 152 valence electrons. The van der Waals surface area contributed by atoms with Gasteiger partial charge in [-0.15, -0.1) is 0 Å². The van der Waals surface area contributed by atoms with Gasteiger partial charge in [0.25, 0.3) is 0 Å². The predicted octanol–water partition coefficient (Wildman–Crippen LogP) is 5.54. The highest BCUT2D eigenvalue weighted by Gasteiger charge is 2.12. The van der Waals surface area contributed by atoms with Gasteiger partial charge >= 0.3 is 0 Å². The number of ether oxygens (including phenoxy) is 2. The molecule has 29 heavy (non-hydrogen) atoms.